The summed E-state index contributed by atoms with van der Waals surface area (Å²) in [5, 5.41) is 9.75. The summed E-state index contributed by atoms with van der Waals surface area (Å²) in [5.74, 6) is 0. The fourth-order valence-corrected chi connectivity index (χ4v) is 3.17. The second-order valence-electron chi connectivity index (χ2n) is 3.39. The molecule has 1 aromatic carbocycles. The molecule has 0 amide bonds. The van der Waals surface area contributed by atoms with Crippen LogP contribution in [0.2, 0.25) is 0 Å². The van der Waals surface area contributed by atoms with E-state index in [0.717, 1.165) is 24.3 Å². The molecular formula is C8H9F3O6P2S. The molecule has 3 N–H and O–H groups in total. The first-order valence-corrected chi connectivity index (χ1v) is 8.22. The van der Waals surface area contributed by atoms with Crippen molar-refractivity contribution in [3.05, 3.63) is 29.8 Å². The topological polar surface area (TPSA) is 104 Å². The number of hydrogen-bond donors (Lipinski definition) is 3. The lowest BCUT2D eigenvalue weighted by atomic mass is 10.2. The van der Waals surface area contributed by atoms with Gasteiger partial charge in [0.2, 0.25) is 0 Å². The van der Waals surface area contributed by atoms with Gasteiger partial charge >= 0.3 is 13.8 Å². The van der Waals surface area contributed by atoms with Crippen molar-refractivity contribution >= 4 is 28.0 Å². The van der Waals surface area contributed by atoms with Crippen molar-refractivity contribution in [2.24, 2.45) is 0 Å². The van der Waals surface area contributed by atoms with Crippen LogP contribution in [0.3, 0.4) is 0 Å². The summed E-state index contributed by atoms with van der Waals surface area (Å²) in [6, 6.07) is 3.66. The Kier molecular flexibility index (Phi) is 5.86. The van der Waals surface area contributed by atoms with Crippen LogP contribution < -0.4 is 0 Å². The van der Waals surface area contributed by atoms with Crippen molar-refractivity contribution in [3.8, 4) is 0 Å². The highest BCUT2D eigenvalue weighted by Gasteiger charge is 2.39. The van der Waals surface area contributed by atoms with Crippen LogP contribution in [0.4, 0.5) is 13.2 Å². The number of alkyl halides is 3. The van der Waals surface area contributed by atoms with E-state index in [1.54, 1.807) is 0 Å². The second-order valence-corrected chi connectivity index (χ2v) is 6.55. The summed E-state index contributed by atoms with van der Waals surface area (Å²) in [6.45, 7) is 0. The van der Waals surface area contributed by atoms with Crippen molar-refractivity contribution in [2.45, 2.75) is 15.9 Å². The van der Waals surface area contributed by atoms with Crippen LogP contribution in [0.5, 0.6) is 0 Å². The van der Waals surface area contributed by atoms with E-state index in [4.69, 9.17) is 9.79 Å². The lowest BCUT2D eigenvalue weighted by molar-refractivity contribution is -0.0741. The third kappa shape index (κ3) is 4.89. The zero-order valence-corrected chi connectivity index (χ0v) is 12.2. The van der Waals surface area contributed by atoms with Gasteiger partial charge in [0.05, 0.1) is 0 Å². The lowest BCUT2D eigenvalue weighted by Gasteiger charge is -2.23. The number of benzene rings is 1. The lowest BCUT2D eigenvalue weighted by Crippen LogP contribution is -2.22. The zero-order valence-electron chi connectivity index (χ0n) is 9.42. The van der Waals surface area contributed by atoms with Crippen LogP contribution in [0.25, 0.3) is 0 Å². The van der Waals surface area contributed by atoms with Gasteiger partial charge in [0.1, 0.15) is 0 Å². The number of thioether (sulfide) groups is 1. The molecule has 12 heteroatoms. The first-order valence-electron chi connectivity index (χ1n) is 4.78. The van der Waals surface area contributed by atoms with Gasteiger partial charge in [-0.15, -0.1) is 0 Å². The predicted octanol–water partition coefficient (Wildman–Crippen LogP) is 2.27. The molecule has 0 spiro atoms. The quantitative estimate of drug-likeness (QED) is 0.424. The Balaban J connectivity index is 3.06. The maximum absolute atomic E-state index is 12.1. The van der Waals surface area contributed by atoms with E-state index < -0.39 is 44.6 Å². The van der Waals surface area contributed by atoms with Gasteiger partial charge < -0.3 is 14.9 Å². The molecule has 6 nitrogen and oxygen atoms in total. The highest BCUT2D eigenvalue weighted by atomic mass is 32.2. The van der Waals surface area contributed by atoms with Gasteiger partial charge in [-0.25, -0.2) is 0 Å². The van der Waals surface area contributed by atoms with Gasteiger partial charge in [0, 0.05) is 10.5 Å². The van der Waals surface area contributed by atoms with Gasteiger partial charge in [0.25, 0.3) is 13.6 Å². The Morgan fingerprint density at radius 3 is 1.95 bits per heavy atom. The minimum absolute atomic E-state index is 0.224. The minimum atomic E-state index is -4.50. The third-order valence-corrected chi connectivity index (χ3v) is 4.39. The number of hydrogen-bond acceptors (Lipinski definition) is 5. The molecule has 0 heterocycles. The number of rotatable bonds is 5. The highest BCUT2D eigenvalue weighted by molar-refractivity contribution is 8.00. The molecule has 0 aliphatic carbocycles. The van der Waals surface area contributed by atoms with Gasteiger partial charge in [-0.3, -0.25) is 13.7 Å². The van der Waals surface area contributed by atoms with Crippen LogP contribution in [-0.2, 0) is 19.2 Å². The van der Waals surface area contributed by atoms with E-state index in [0.29, 0.717) is 0 Å². The molecule has 0 saturated heterocycles. The van der Waals surface area contributed by atoms with Crippen molar-refractivity contribution in [1.82, 2.24) is 0 Å². The Bertz CT molecular complexity index is 522. The first-order chi connectivity index (χ1) is 9.04. The normalized spacial score (nSPS) is 18.3. The molecule has 3 atom stereocenters. The van der Waals surface area contributed by atoms with Crippen molar-refractivity contribution in [2.75, 3.05) is 0 Å². The van der Waals surface area contributed by atoms with E-state index in [1.807, 2.05) is 0 Å². The van der Waals surface area contributed by atoms with Crippen LogP contribution in [0, 0.1) is 0 Å². The molecule has 3 unspecified atom stereocenters. The van der Waals surface area contributed by atoms with E-state index in [9.17, 15) is 27.4 Å². The first kappa shape index (κ1) is 17.7. The Morgan fingerprint density at radius 1 is 1.10 bits per heavy atom. The van der Waals surface area contributed by atoms with Gasteiger partial charge in [-0.2, -0.15) is 13.2 Å². The molecule has 114 valence electrons. The molecule has 0 fully saturated rings. The average Bonchev–Trinajstić information content (AvgIpc) is 2.26. The SMILES string of the molecule is O=[PH](O)OC(O)(c1ccc(SC(F)(F)F)cc1)[PH](=O)O. The van der Waals surface area contributed by atoms with E-state index in [-0.39, 0.29) is 4.90 Å². The maximum atomic E-state index is 12.1. The van der Waals surface area contributed by atoms with Gasteiger partial charge in [0.15, 0.2) is 0 Å². The molecular weight excluding hydrogens is 343 g/mol. The summed E-state index contributed by atoms with van der Waals surface area (Å²) < 4.78 is 62.1. The summed E-state index contributed by atoms with van der Waals surface area (Å²) in [4.78, 5) is 17.3. The summed E-state index contributed by atoms with van der Waals surface area (Å²) in [6.07, 6.45) is 0. The van der Waals surface area contributed by atoms with Crippen molar-refractivity contribution < 1.29 is 41.7 Å². The molecule has 0 saturated carbocycles. The molecule has 0 bridgehead atoms. The monoisotopic (exact) mass is 352 g/mol. The summed E-state index contributed by atoms with van der Waals surface area (Å²) in [5.41, 5.74) is -7.82. The Hall–Kier alpha value is -0.340. The number of aliphatic hydroxyl groups is 1. The fourth-order valence-electron chi connectivity index (χ4n) is 1.23. The van der Waals surface area contributed by atoms with Gasteiger partial charge in [-0.1, -0.05) is 12.1 Å². The maximum Gasteiger partial charge on any atom is 0.446 e. The molecule has 0 radical (unpaired) electrons. The zero-order chi connectivity index (χ0) is 15.6. The third-order valence-electron chi connectivity index (χ3n) is 2.00. The molecule has 1 aromatic rings. The number of halogens is 3. The second kappa shape index (κ2) is 6.62. The molecule has 1 rings (SSSR count). The highest BCUT2D eigenvalue weighted by Crippen LogP contribution is 2.48. The smallest absolute Gasteiger partial charge is 0.354 e. The van der Waals surface area contributed by atoms with E-state index in [1.165, 1.54) is 0 Å². The van der Waals surface area contributed by atoms with Gasteiger partial charge in [-0.05, 0) is 23.9 Å². The molecule has 20 heavy (non-hydrogen) atoms. The van der Waals surface area contributed by atoms with Crippen molar-refractivity contribution in [1.29, 1.82) is 0 Å². The van der Waals surface area contributed by atoms with E-state index in [2.05, 4.69) is 4.52 Å². The summed E-state index contributed by atoms with van der Waals surface area (Å²) in [7, 11) is -7.59. The Labute approximate surface area is 116 Å². The van der Waals surface area contributed by atoms with E-state index >= 15 is 0 Å². The average molecular weight is 352 g/mol. The molecule has 0 aliphatic heterocycles. The van der Waals surface area contributed by atoms with Crippen LogP contribution in [0.15, 0.2) is 29.2 Å². The predicted molar refractivity (Wildman–Crippen MR) is 65.8 cm³/mol. The molecule has 0 aliphatic rings. The van der Waals surface area contributed by atoms with Crippen molar-refractivity contribution in [3.63, 3.8) is 0 Å². The van der Waals surface area contributed by atoms with Crippen LogP contribution in [0.1, 0.15) is 5.56 Å². The fraction of sp³-hybridized carbons (Fsp3) is 0.250. The van der Waals surface area contributed by atoms with Crippen LogP contribution in [-0.4, -0.2) is 20.4 Å². The largest absolute Gasteiger partial charge is 0.446 e. The van der Waals surface area contributed by atoms with Crippen LogP contribution >= 0.6 is 28.0 Å². The minimum Gasteiger partial charge on any atom is -0.354 e. The standard InChI is InChI=1S/C8H9F3O6P2S/c9-8(10,11)20-6-3-1-5(2-4-6)7(12,18(13)14)17-19(15)16/h1-4,12,18-19H,(H,13,14)(H,15,16). The summed E-state index contributed by atoms with van der Waals surface area (Å²) >= 11 is -0.417. The Morgan fingerprint density at radius 2 is 1.60 bits per heavy atom. The molecule has 0 aromatic heterocycles.